The molecule has 6 nitrogen and oxygen atoms in total. The summed E-state index contributed by atoms with van der Waals surface area (Å²) in [7, 11) is 0. The van der Waals surface area contributed by atoms with Crippen molar-refractivity contribution in [3.05, 3.63) is 45.4 Å². The molecule has 9 heteroatoms. The average Bonchev–Trinajstić information content (AvgIpc) is 2.95. The van der Waals surface area contributed by atoms with Crippen LogP contribution in [0.4, 0.5) is 13.2 Å². The van der Waals surface area contributed by atoms with Gasteiger partial charge in [-0.05, 0) is 13.8 Å². The number of nitrogens with zero attached hydrogens (tertiary/aromatic N) is 4. The zero-order valence-corrected chi connectivity index (χ0v) is 13.4. The molecule has 2 aromatic rings. The van der Waals surface area contributed by atoms with Crippen molar-refractivity contribution in [2.24, 2.45) is 0 Å². The summed E-state index contributed by atoms with van der Waals surface area (Å²) >= 11 is 0. The molecular formula is C15H18F3N5O. The molecule has 3 rings (SSSR count). The highest BCUT2D eigenvalue weighted by molar-refractivity contribution is 5.22. The van der Waals surface area contributed by atoms with Gasteiger partial charge in [-0.25, -0.2) is 4.98 Å². The minimum Gasteiger partial charge on any atom is -0.303 e. The minimum absolute atomic E-state index is 0.236. The van der Waals surface area contributed by atoms with Crippen LogP contribution in [0.3, 0.4) is 0 Å². The Labute approximate surface area is 136 Å². The molecule has 0 spiro atoms. The Morgan fingerprint density at radius 3 is 2.75 bits per heavy atom. The van der Waals surface area contributed by atoms with E-state index in [1.165, 1.54) is 0 Å². The van der Waals surface area contributed by atoms with Gasteiger partial charge in [0.15, 0.2) is 0 Å². The van der Waals surface area contributed by atoms with Gasteiger partial charge in [-0.2, -0.15) is 18.3 Å². The summed E-state index contributed by atoms with van der Waals surface area (Å²) in [4.78, 5) is 19.4. The summed E-state index contributed by atoms with van der Waals surface area (Å²) in [5.41, 5.74) is 0.837. The second-order valence-electron chi connectivity index (χ2n) is 6.22. The summed E-state index contributed by atoms with van der Waals surface area (Å²) in [5.74, 6) is -1.22. The van der Waals surface area contributed by atoms with Crippen molar-refractivity contribution in [2.75, 3.05) is 6.54 Å². The Balaban J connectivity index is 1.78. The molecule has 0 saturated heterocycles. The fraction of sp³-hybridized carbons (Fsp3) is 0.533. The third-order valence-corrected chi connectivity index (χ3v) is 4.01. The Hall–Kier alpha value is -2.16. The van der Waals surface area contributed by atoms with E-state index < -0.39 is 17.6 Å². The van der Waals surface area contributed by atoms with Crippen molar-refractivity contribution < 1.29 is 13.2 Å². The summed E-state index contributed by atoms with van der Waals surface area (Å²) < 4.78 is 40.0. The Morgan fingerprint density at radius 2 is 2.12 bits per heavy atom. The molecule has 130 valence electrons. The number of alkyl halides is 3. The Bertz CT molecular complexity index is 793. The van der Waals surface area contributed by atoms with Crippen molar-refractivity contribution in [1.82, 2.24) is 24.6 Å². The van der Waals surface area contributed by atoms with Crippen LogP contribution < -0.4 is 5.56 Å². The molecule has 0 unspecified atom stereocenters. The highest BCUT2D eigenvalue weighted by atomic mass is 19.4. The van der Waals surface area contributed by atoms with Crippen molar-refractivity contribution in [3.8, 4) is 0 Å². The zero-order valence-electron chi connectivity index (χ0n) is 13.4. The maximum absolute atomic E-state index is 12.7. The number of aromatic nitrogens is 4. The van der Waals surface area contributed by atoms with E-state index in [9.17, 15) is 18.0 Å². The topological polar surface area (TPSA) is 66.8 Å². The van der Waals surface area contributed by atoms with Gasteiger partial charge >= 0.3 is 6.18 Å². The number of H-pyrrole nitrogens is 1. The van der Waals surface area contributed by atoms with Gasteiger partial charge in [-0.1, -0.05) is 0 Å². The molecule has 0 aliphatic carbocycles. The van der Waals surface area contributed by atoms with Crippen LogP contribution in [0.25, 0.3) is 0 Å². The van der Waals surface area contributed by atoms with E-state index in [4.69, 9.17) is 0 Å². The molecule has 0 aromatic carbocycles. The van der Waals surface area contributed by atoms with Crippen LogP contribution in [-0.2, 0) is 25.7 Å². The normalized spacial score (nSPS) is 15.8. The molecule has 1 N–H and O–H groups in total. The Kier molecular flexibility index (Phi) is 4.20. The predicted octanol–water partition coefficient (Wildman–Crippen LogP) is 2.12. The summed E-state index contributed by atoms with van der Waals surface area (Å²) in [6.45, 7) is 5.47. The lowest BCUT2D eigenvalue weighted by molar-refractivity contribution is -0.145. The van der Waals surface area contributed by atoms with Crippen molar-refractivity contribution in [2.45, 2.75) is 45.6 Å². The second-order valence-corrected chi connectivity index (χ2v) is 6.22. The summed E-state index contributed by atoms with van der Waals surface area (Å²) in [5, 5.41) is 4.27. The number of nitrogens with one attached hydrogen (secondary N) is 1. The van der Waals surface area contributed by atoms with Crippen LogP contribution in [0.1, 0.15) is 42.5 Å². The van der Waals surface area contributed by atoms with Gasteiger partial charge in [-0.3, -0.25) is 14.4 Å². The molecule has 0 saturated carbocycles. The maximum atomic E-state index is 12.7. The van der Waals surface area contributed by atoms with Gasteiger partial charge < -0.3 is 4.98 Å². The molecule has 0 atom stereocenters. The summed E-state index contributed by atoms with van der Waals surface area (Å²) in [6.07, 6.45) is -0.614. The number of aromatic amines is 1. The standard InChI is InChI=1S/C15H18F3N5O/c1-9(2)23-7-10(5-19-23)6-22-4-3-12-11(8-22)13(24)21-14(20-12)15(16,17)18/h5,7,9H,3-4,6,8H2,1-2H3,(H,20,21,24). The molecule has 1 aliphatic rings. The van der Waals surface area contributed by atoms with Crippen molar-refractivity contribution >= 4 is 0 Å². The number of fused-ring (bicyclic) bond motifs is 1. The number of hydrogen-bond donors (Lipinski definition) is 1. The molecule has 0 radical (unpaired) electrons. The molecule has 0 fully saturated rings. The first-order chi connectivity index (χ1) is 11.2. The van der Waals surface area contributed by atoms with Gasteiger partial charge in [0, 0.05) is 43.9 Å². The third-order valence-electron chi connectivity index (χ3n) is 4.01. The van der Waals surface area contributed by atoms with Gasteiger partial charge in [0.2, 0.25) is 5.82 Å². The lowest BCUT2D eigenvalue weighted by Gasteiger charge is -2.27. The highest BCUT2D eigenvalue weighted by Crippen LogP contribution is 2.26. The monoisotopic (exact) mass is 341 g/mol. The van der Waals surface area contributed by atoms with E-state index >= 15 is 0 Å². The molecule has 2 aromatic heterocycles. The number of halogens is 3. The van der Waals surface area contributed by atoms with Gasteiger partial charge in [0.25, 0.3) is 5.56 Å². The van der Waals surface area contributed by atoms with Gasteiger partial charge in [-0.15, -0.1) is 0 Å². The average molecular weight is 341 g/mol. The maximum Gasteiger partial charge on any atom is 0.449 e. The van der Waals surface area contributed by atoms with Crippen LogP contribution in [0.2, 0.25) is 0 Å². The van der Waals surface area contributed by atoms with Crippen LogP contribution in [0.5, 0.6) is 0 Å². The van der Waals surface area contributed by atoms with E-state index in [1.807, 2.05) is 34.6 Å². The largest absolute Gasteiger partial charge is 0.449 e. The van der Waals surface area contributed by atoms with Crippen LogP contribution in [0.15, 0.2) is 17.2 Å². The number of hydrogen-bond acceptors (Lipinski definition) is 4. The predicted molar refractivity (Wildman–Crippen MR) is 80.3 cm³/mol. The lowest BCUT2D eigenvalue weighted by Crippen LogP contribution is -2.36. The lowest BCUT2D eigenvalue weighted by atomic mass is 10.1. The van der Waals surface area contributed by atoms with E-state index in [0.29, 0.717) is 25.1 Å². The smallest absolute Gasteiger partial charge is 0.303 e. The fourth-order valence-corrected chi connectivity index (χ4v) is 2.75. The van der Waals surface area contributed by atoms with Gasteiger partial charge in [0.05, 0.1) is 17.5 Å². The van der Waals surface area contributed by atoms with Crippen molar-refractivity contribution in [3.63, 3.8) is 0 Å². The van der Waals surface area contributed by atoms with Gasteiger partial charge in [0.1, 0.15) is 0 Å². The van der Waals surface area contributed by atoms with E-state index in [-0.39, 0.29) is 18.3 Å². The van der Waals surface area contributed by atoms with E-state index in [1.54, 1.807) is 6.20 Å². The first-order valence-electron chi connectivity index (χ1n) is 7.68. The SMILES string of the molecule is CC(C)n1cc(CN2CCc3nc(C(F)(F)F)[nH]c(=O)c3C2)cn1. The molecule has 0 bridgehead atoms. The van der Waals surface area contributed by atoms with E-state index in [2.05, 4.69) is 10.1 Å². The molecule has 0 amide bonds. The van der Waals surface area contributed by atoms with Crippen LogP contribution in [-0.4, -0.2) is 31.2 Å². The molecule has 1 aliphatic heterocycles. The highest BCUT2D eigenvalue weighted by Gasteiger charge is 2.35. The molecular weight excluding hydrogens is 323 g/mol. The fourth-order valence-electron chi connectivity index (χ4n) is 2.75. The first kappa shape index (κ1) is 16.7. The summed E-state index contributed by atoms with van der Waals surface area (Å²) in [6, 6.07) is 0.258. The van der Waals surface area contributed by atoms with E-state index in [0.717, 1.165) is 5.56 Å². The third kappa shape index (κ3) is 3.35. The quantitative estimate of drug-likeness (QED) is 0.929. The Morgan fingerprint density at radius 1 is 1.38 bits per heavy atom. The second kappa shape index (κ2) is 6.04. The number of rotatable bonds is 3. The molecule has 3 heterocycles. The van der Waals surface area contributed by atoms with Crippen LogP contribution in [0, 0.1) is 0 Å². The zero-order chi connectivity index (χ0) is 17.5. The van der Waals surface area contributed by atoms with Crippen molar-refractivity contribution in [1.29, 1.82) is 0 Å². The van der Waals surface area contributed by atoms with Crippen LogP contribution >= 0.6 is 0 Å². The minimum atomic E-state index is -4.64. The molecule has 24 heavy (non-hydrogen) atoms. The first-order valence-corrected chi connectivity index (χ1v) is 7.68.